The maximum Gasteiger partial charge on any atom is 0.278 e. The van der Waals surface area contributed by atoms with Crippen LogP contribution in [-0.2, 0) is 0 Å². The molecule has 0 aliphatic rings. The summed E-state index contributed by atoms with van der Waals surface area (Å²) in [6, 6.07) is 22.9. The van der Waals surface area contributed by atoms with E-state index in [4.69, 9.17) is 4.98 Å². The van der Waals surface area contributed by atoms with Crippen molar-refractivity contribution < 1.29 is 4.92 Å². The Morgan fingerprint density at radius 1 is 0.968 bits per heavy atom. The fraction of sp³-hybridized carbons (Fsp3) is 0.0833. The summed E-state index contributed by atoms with van der Waals surface area (Å²) in [6.45, 7) is 4.17. The number of rotatable bonds is 6. The van der Waals surface area contributed by atoms with E-state index < -0.39 is 4.92 Å². The third kappa shape index (κ3) is 4.51. The minimum absolute atomic E-state index is 0.00739. The summed E-state index contributed by atoms with van der Waals surface area (Å²) in [5.41, 5.74) is 8.79. The molecule has 0 aliphatic heterocycles. The molecule has 0 saturated heterocycles. The van der Waals surface area contributed by atoms with Gasteiger partial charge in [0.2, 0.25) is 5.13 Å². The monoisotopic (exact) mass is 428 g/mol. The van der Waals surface area contributed by atoms with Crippen molar-refractivity contribution in [3.8, 4) is 21.7 Å². The van der Waals surface area contributed by atoms with Gasteiger partial charge < -0.3 is 0 Å². The topological polar surface area (TPSA) is 80.4 Å². The van der Waals surface area contributed by atoms with Crippen LogP contribution in [-0.4, -0.2) is 16.1 Å². The summed E-state index contributed by atoms with van der Waals surface area (Å²) in [6.07, 6.45) is 1.44. The molecule has 154 valence electrons. The minimum Gasteiger partial charge on any atom is -0.258 e. The first kappa shape index (κ1) is 20.4. The van der Waals surface area contributed by atoms with Crippen LogP contribution in [0.25, 0.3) is 21.7 Å². The number of nitrogens with zero attached hydrogens (tertiary/aromatic N) is 3. The number of hydrogen-bond acceptors (Lipinski definition) is 6. The SMILES string of the molecule is Cc1ccc(-c2nc(N/N=C\c3ccccc3[N+](=O)[O-])sc2-c2ccccc2)cc1C. The molecule has 1 N–H and O–H groups in total. The second kappa shape index (κ2) is 8.89. The zero-order chi connectivity index (χ0) is 21.8. The van der Waals surface area contributed by atoms with Gasteiger partial charge in [-0.05, 0) is 42.7 Å². The van der Waals surface area contributed by atoms with Crippen LogP contribution in [0.15, 0.2) is 77.9 Å². The van der Waals surface area contributed by atoms with Gasteiger partial charge in [0.05, 0.1) is 27.3 Å². The standard InChI is InChI=1S/C24H20N4O2S/c1-16-12-13-19(14-17(16)2)22-23(18-8-4-3-5-9-18)31-24(26-22)27-25-15-20-10-6-7-11-21(20)28(29)30/h3-15H,1-2H3,(H,26,27)/b25-15-. The highest BCUT2D eigenvalue weighted by atomic mass is 32.1. The van der Waals surface area contributed by atoms with Crippen molar-refractivity contribution >= 4 is 28.4 Å². The average Bonchev–Trinajstić information content (AvgIpc) is 3.21. The quantitative estimate of drug-likeness (QED) is 0.217. The maximum absolute atomic E-state index is 11.2. The summed E-state index contributed by atoms with van der Waals surface area (Å²) in [5, 5.41) is 16.0. The van der Waals surface area contributed by atoms with Crippen molar-refractivity contribution in [2.24, 2.45) is 5.10 Å². The van der Waals surface area contributed by atoms with Crippen molar-refractivity contribution in [3.05, 3.63) is 99.6 Å². The molecule has 1 heterocycles. The van der Waals surface area contributed by atoms with Crippen molar-refractivity contribution in [3.63, 3.8) is 0 Å². The molecule has 0 amide bonds. The van der Waals surface area contributed by atoms with Gasteiger partial charge in [0, 0.05) is 11.6 Å². The number of hydrogen-bond donors (Lipinski definition) is 1. The van der Waals surface area contributed by atoms with Crippen LogP contribution < -0.4 is 5.43 Å². The maximum atomic E-state index is 11.2. The zero-order valence-electron chi connectivity index (χ0n) is 17.1. The lowest BCUT2D eigenvalue weighted by atomic mass is 10.0. The lowest BCUT2D eigenvalue weighted by Gasteiger charge is -2.05. The normalized spacial score (nSPS) is 11.0. The van der Waals surface area contributed by atoms with Gasteiger partial charge in [-0.3, -0.25) is 15.5 Å². The van der Waals surface area contributed by atoms with Crippen molar-refractivity contribution in [2.75, 3.05) is 5.43 Å². The largest absolute Gasteiger partial charge is 0.278 e. The molecule has 3 aromatic carbocycles. The smallest absolute Gasteiger partial charge is 0.258 e. The fourth-order valence-electron chi connectivity index (χ4n) is 3.16. The lowest BCUT2D eigenvalue weighted by molar-refractivity contribution is -0.385. The molecular formula is C24H20N4O2S. The molecule has 1 aromatic heterocycles. The Morgan fingerprint density at radius 2 is 1.71 bits per heavy atom. The minimum atomic E-state index is -0.421. The molecule has 4 aromatic rings. The van der Waals surface area contributed by atoms with E-state index in [9.17, 15) is 10.1 Å². The predicted octanol–water partition coefficient (Wildman–Crippen LogP) is 6.45. The summed E-state index contributed by atoms with van der Waals surface area (Å²) < 4.78 is 0. The number of nitrogens with one attached hydrogen (secondary N) is 1. The number of nitro groups is 1. The van der Waals surface area contributed by atoms with E-state index >= 15 is 0 Å². The van der Waals surface area contributed by atoms with Gasteiger partial charge in [0.1, 0.15) is 0 Å². The average molecular weight is 429 g/mol. The summed E-state index contributed by atoms with van der Waals surface area (Å²) >= 11 is 1.49. The summed E-state index contributed by atoms with van der Waals surface area (Å²) in [7, 11) is 0. The number of nitro benzene ring substituents is 1. The Balaban J connectivity index is 1.69. The zero-order valence-corrected chi connectivity index (χ0v) is 17.9. The van der Waals surface area contributed by atoms with Crippen LogP contribution in [0.5, 0.6) is 0 Å². The predicted molar refractivity (Wildman–Crippen MR) is 127 cm³/mol. The Hall–Kier alpha value is -3.84. The first-order valence-electron chi connectivity index (χ1n) is 9.69. The van der Waals surface area contributed by atoms with E-state index in [-0.39, 0.29) is 5.69 Å². The van der Waals surface area contributed by atoms with Gasteiger partial charge in [0.15, 0.2) is 0 Å². The molecule has 0 aliphatic carbocycles. The van der Waals surface area contributed by atoms with Crippen molar-refractivity contribution in [2.45, 2.75) is 13.8 Å². The van der Waals surface area contributed by atoms with E-state index in [1.54, 1.807) is 18.2 Å². The van der Waals surface area contributed by atoms with Crippen LogP contribution in [0.3, 0.4) is 0 Å². The molecule has 0 unspecified atom stereocenters. The molecule has 0 bridgehead atoms. The van der Waals surface area contributed by atoms with E-state index in [0.717, 1.165) is 21.7 Å². The molecule has 7 heteroatoms. The van der Waals surface area contributed by atoms with Crippen LogP contribution in [0.1, 0.15) is 16.7 Å². The molecule has 0 saturated carbocycles. The van der Waals surface area contributed by atoms with Crippen LogP contribution in [0, 0.1) is 24.0 Å². The summed E-state index contributed by atoms with van der Waals surface area (Å²) in [5.74, 6) is 0. The lowest BCUT2D eigenvalue weighted by Crippen LogP contribution is -1.96. The fourth-order valence-corrected chi connectivity index (χ4v) is 4.10. The van der Waals surface area contributed by atoms with E-state index in [2.05, 4.69) is 54.7 Å². The van der Waals surface area contributed by atoms with Gasteiger partial charge in [-0.25, -0.2) is 4.98 Å². The van der Waals surface area contributed by atoms with Crippen LogP contribution in [0.2, 0.25) is 0 Å². The third-order valence-electron chi connectivity index (χ3n) is 4.94. The number of anilines is 1. The van der Waals surface area contributed by atoms with Crippen LogP contribution >= 0.6 is 11.3 Å². The molecule has 0 radical (unpaired) electrons. The second-order valence-corrected chi connectivity index (χ2v) is 8.05. The highest BCUT2D eigenvalue weighted by molar-refractivity contribution is 7.19. The van der Waals surface area contributed by atoms with Crippen molar-refractivity contribution in [1.82, 2.24) is 4.98 Å². The van der Waals surface area contributed by atoms with Crippen molar-refractivity contribution in [1.29, 1.82) is 0 Å². The van der Waals surface area contributed by atoms with E-state index in [1.165, 1.54) is 34.7 Å². The number of aryl methyl sites for hydroxylation is 2. The number of thiazole rings is 1. The van der Waals surface area contributed by atoms with Gasteiger partial charge in [-0.1, -0.05) is 65.9 Å². The number of aromatic nitrogens is 1. The van der Waals surface area contributed by atoms with Gasteiger partial charge >= 0.3 is 0 Å². The second-order valence-electron chi connectivity index (χ2n) is 7.05. The number of benzene rings is 3. The Morgan fingerprint density at radius 3 is 2.45 bits per heavy atom. The highest BCUT2D eigenvalue weighted by Gasteiger charge is 2.16. The Kier molecular flexibility index (Phi) is 5.86. The molecule has 0 fully saturated rings. The van der Waals surface area contributed by atoms with Gasteiger partial charge in [0.25, 0.3) is 5.69 Å². The third-order valence-corrected chi connectivity index (χ3v) is 5.95. The number of hydrazone groups is 1. The van der Waals surface area contributed by atoms with Crippen LogP contribution in [0.4, 0.5) is 10.8 Å². The highest BCUT2D eigenvalue weighted by Crippen LogP contribution is 2.39. The molecule has 4 rings (SSSR count). The first-order chi connectivity index (χ1) is 15.0. The Labute approximate surface area is 184 Å². The van der Waals surface area contributed by atoms with Gasteiger partial charge in [-0.15, -0.1) is 0 Å². The molecule has 0 atom stereocenters. The summed E-state index contributed by atoms with van der Waals surface area (Å²) in [4.78, 5) is 16.6. The molecule has 6 nitrogen and oxygen atoms in total. The molecule has 31 heavy (non-hydrogen) atoms. The van der Waals surface area contributed by atoms with E-state index in [0.29, 0.717) is 10.7 Å². The molecular weight excluding hydrogens is 408 g/mol. The number of para-hydroxylation sites is 1. The van der Waals surface area contributed by atoms with E-state index in [1.807, 2.05) is 18.2 Å². The van der Waals surface area contributed by atoms with Gasteiger partial charge in [-0.2, -0.15) is 5.10 Å². The molecule has 0 spiro atoms. The first-order valence-corrected chi connectivity index (χ1v) is 10.5. The Bertz CT molecular complexity index is 1270.